The highest BCUT2D eigenvalue weighted by Crippen LogP contribution is 2.06. The fourth-order valence-corrected chi connectivity index (χ4v) is 1.16. The SMILES string of the molecule is CCCn1c(C(=O)O)c(N)[nH]c1=O. The maximum Gasteiger partial charge on any atom is 0.356 e. The van der Waals surface area contributed by atoms with Gasteiger partial charge in [0, 0.05) is 6.54 Å². The van der Waals surface area contributed by atoms with Crippen LogP contribution in [-0.4, -0.2) is 20.6 Å². The summed E-state index contributed by atoms with van der Waals surface area (Å²) in [7, 11) is 0. The van der Waals surface area contributed by atoms with Gasteiger partial charge in [-0.05, 0) is 6.42 Å². The molecule has 0 atom stereocenters. The van der Waals surface area contributed by atoms with Crippen molar-refractivity contribution in [3.05, 3.63) is 16.2 Å². The van der Waals surface area contributed by atoms with Crippen molar-refractivity contribution < 1.29 is 9.90 Å². The number of aromatic nitrogens is 2. The lowest BCUT2D eigenvalue weighted by Crippen LogP contribution is -2.20. The summed E-state index contributed by atoms with van der Waals surface area (Å²) in [6, 6.07) is 0. The molecule has 6 heteroatoms. The van der Waals surface area contributed by atoms with Gasteiger partial charge in [0.2, 0.25) is 0 Å². The van der Waals surface area contributed by atoms with Crippen molar-refractivity contribution in [1.82, 2.24) is 9.55 Å². The third-order valence-electron chi connectivity index (χ3n) is 1.66. The smallest absolute Gasteiger partial charge is 0.356 e. The first-order valence-electron chi connectivity index (χ1n) is 3.89. The summed E-state index contributed by atoms with van der Waals surface area (Å²) in [4.78, 5) is 24.0. The zero-order valence-corrected chi connectivity index (χ0v) is 7.20. The normalized spacial score (nSPS) is 10.2. The minimum atomic E-state index is -1.19. The summed E-state index contributed by atoms with van der Waals surface area (Å²) in [5.74, 6) is -1.28. The minimum absolute atomic E-state index is 0.0917. The van der Waals surface area contributed by atoms with Gasteiger partial charge in [-0.25, -0.2) is 9.59 Å². The summed E-state index contributed by atoms with van der Waals surface area (Å²) in [6.07, 6.45) is 0.678. The lowest BCUT2D eigenvalue weighted by molar-refractivity contribution is 0.0686. The molecular weight excluding hydrogens is 174 g/mol. The molecule has 0 saturated heterocycles. The fourth-order valence-electron chi connectivity index (χ4n) is 1.16. The highest BCUT2D eigenvalue weighted by molar-refractivity contribution is 5.90. The Hall–Kier alpha value is -1.72. The molecular formula is C7H11N3O3. The first-order valence-corrected chi connectivity index (χ1v) is 3.89. The molecule has 1 rings (SSSR count). The van der Waals surface area contributed by atoms with Crippen LogP contribution in [0.5, 0.6) is 0 Å². The predicted octanol–water partition coefficient (Wildman–Crippen LogP) is -0.133. The molecule has 72 valence electrons. The van der Waals surface area contributed by atoms with Crippen molar-refractivity contribution in [3.63, 3.8) is 0 Å². The van der Waals surface area contributed by atoms with Crippen LogP contribution in [0.1, 0.15) is 23.8 Å². The largest absolute Gasteiger partial charge is 0.476 e. The quantitative estimate of drug-likeness (QED) is 0.610. The van der Waals surface area contributed by atoms with E-state index in [9.17, 15) is 9.59 Å². The van der Waals surface area contributed by atoms with Crippen LogP contribution in [0.2, 0.25) is 0 Å². The van der Waals surface area contributed by atoms with Gasteiger partial charge in [-0.15, -0.1) is 0 Å². The number of nitrogen functional groups attached to an aromatic ring is 1. The summed E-state index contributed by atoms with van der Waals surface area (Å²) >= 11 is 0. The number of hydrogen-bond acceptors (Lipinski definition) is 3. The molecule has 1 aromatic rings. The molecule has 13 heavy (non-hydrogen) atoms. The first kappa shape index (κ1) is 9.37. The van der Waals surface area contributed by atoms with E-state index < -0.39 is 11.7 Å². The van der Waals surface area contributed by atoms with Gasteiger partial charge >= 0.3 is 11.7 Å². The lowest BCUT2D eigenvalue weighted by atomic mass is 10.4. The molecule has 0 aliphatic carbocycles. The van der Waals surface area contributed by atoms with Gasteiger partial charge in [0.05, 0.1) is 0 Å². The molecule has 0 bridgehead atoms. The molecule has 0 aliphatic rings. The number of carboxylic acids is 1. The van der Waals surface area contributed by atoms with Crippen LogP contribution < -0.4 is 11.4 Å². The van der Waals surface area contributed by atoms with Crippen molar-refractivity contribution in [2.45, 2.75) is 19.9 Å². The molecule has 0 saturated carbocycles. The Bertz CT molecular complexity index is 377. The van der Waals surface area contributed by atoms with E-state index in [1.54, 1.807) is 0 Å². The Morgan fingerprint density at radius 3 is 2.77 bits per heavy atom. The summed E-state index contributed by atoms with van der Waals surface area (Å²) in [5.41, 5.74) is 4.68. The molecule has 0 unspecified atom stereocenters. The number of nitrogens with two attached hydrogens (primary N) is 1. The summed E-state index contributed by atoms with van der Waals surface area (Å²) in [5, 5.41) is 8.73. The van der Waals surface area contributed by atoms with E-state index in [-0.39, 0.29) is 11.5 Å². The number of anilines is 1. The number of rotatable bonds is 3. The van der Waals surface area contributed by atoms with Crippen LogP contribution in [0.4, 0.5) is 5.82 Å². The van der Waals surface area contributed by atoms with E-state index in [1.165, 1.54) is 0 Å². The number of nitrogens with zero attached hydrogens (tertiary/aromatic N) is 1. The topological polar surface area (TPSA) is 101 Å². The van der Waals surface area contributed by atoms with E-state index in [1.807, 2.05) is 6.92 Å². The molecule has 1 heterocycles. The Morgan fingerprint density at radius 2 is 2.31 bits per heavy atom. The Kier molecular flexibility index (Phi) is 2.41. The maximum atomic E-state index is 11.1. The van der Waals surface area contributed by atoms with E-state index in [0.29, 0.717) is 13.0 Å². The monoisotopic (exact) mass is 185 g/mol. The Balaban J connectivity index is 3.29. The van der Waals surface area contributed by atoms with Crippen molar-refractivity contribution in [2.24, 2.45) is 0 Å². The zero-order valence-electron chi connectivity index (χ0n) is 7.20. The average Bonchev–Trinajstić information content (AvgIpc) is 2.27. The predicted molar refractivity (Wildman–Crippen MR) is 46.7 cm³/mol. The zero-order chi connectivity index (χ0) is 10.0. The average molecular weight is 185 g/mol. The summed E-state index contributed by atoms with van der Waals surface area (Å²) in [6.45, 7) is 2.20. The maximum absolute atomic E-state index is 11.1. The van der Waals surface area contributed by atoms with Gasteiger partial charge < -0.3 is 10.8 Å². The van der Waals surface area contributed by atoms with Gasteiger partial charge in [0.25, 0.3) is 0 Å². The number of aromatic carboxylic acids is 1. The third-order valence-corrected chi connectivity index (χ3v) is 1.66. The molecule has 4 N–H and O–H groups in total. The van der Waals surface area contributed by atoms with E-state index in [0.717, 1.165) is 4.57 Å². The van der Waals surface area contributed by atoms with Crippen LogP contribution in [-0.2, 0) is 6.54 Å². The van der Waals surface area contributed by atoms with Crippen LogP contribution in [0.3, 0.4) is 0 Å². The minimum Gasteiger partial charge on any atom is -0.476 e. The van der Waals surface area contributed by atoms with Gasteiger partial charge in [0.15, 0.2) is 5.69 Å². The second kappa shape index (κ2) is 3.34. The highest BCUT2D eigenvalue weighted by Gasteiger charge is 2.17. The third kappa shape index (κ3) is 1.56. The number of H-pyrrole nitrogens is 1. The van der Waals surface area contributed by atoms with Crippen LogP contribution in [0, 0.1) is 0 Å². The first-order chi connectivity index (χ1) is 6.07. The second-order valence-electron chi connectivity index (χ2n) is 2.65. The van der Waals surface area contributed by atoms with Gasteiger partial charge in [-0.2, -0.15) is 0 Å². The van der Waals surface area contributed by atoms with Gasteiger partial charge in [-0.1, -0.05) is 6.92 Å². The number of hydrogen-bond donors (Lipinski definition) is 3. The molecule has 0 aliphatic heterocycles. The second-order valence-corrected chi connectivity index (χ2v) is 2.65. The van der Waals surface area contributed by atoms with E-state index >= 15 is 0 Å². The number of carbonyl (C=O) groups is 1. The Morgan fingerprint density at radius 1 is 1.69 bits per heavy atom. The van der Waals surface area contributed by atoms with Gasteiger partial charge in [-0.3, -0.25) is 9.55 Å². The number of nitrogens with one attached hydrogen (secondary N) is 1. The van der Waals surface area contributed by atoms with Crippen molar-refractivity contribution in [1.29, 1.82) is 0 Å². The molecule has 1 aromatic heterocycles. The number of carboxylic acid groups (broad SMARTS) is 1. The van der Waals surface area contributed by atoms with Crippen LogP contribution in [0.25, 0.3) is 0 Å². The standard InChI is InChI=1S/C7H11N3O3/c1-2-3-10-4(6(11)12)5(8)9-7(10)13/h2-3,8H2,1H3,(H,9,13)(H,11,12). The van der Waals surface area contributed by atoms with Crippen molar-refractivity contribution in [2.75, 3.05) is 5.73 Å². The molecule has 0 aromatic carbocycles. The van der Waals surface area contributed by atoms with Crippen LogP contribution in [0.15, 0.2) is 4.79 Å². The highest BCUT2D eigenvalue weighted by atomic mass is 16.4. The van der Waals surface area contributed by atoms with E-state index in [4.69, 9.17) is 10.8 Å². The molecule has 0 radical (unpaired) electrons. The Labute approximate surface area is 74.0 Å². The van der Waals surface area contributed by atoms with Crippen molar-refractivity contribution in [3.8, 4) is 0 Å². The molecule has 0 spiro atoms. The molecule has 0 amide bonds. The lowest BCUT2D eigenvalue weighted by Gasteiger charge is -2.00. The summed E-state index contributed by atoms with van der Waals surface area (Å²) < 4.78 is 1.12. The van der Waals surface area contributed by atoms with E-state index in [2.05, 4.69) is 4.98 Å². The number of aromatic amines is 1. The van der Waals surface area contributed by atoms with Crippen LogP contribution >= 0.6 is 0 Å². The van der Waals surface area contributed by atoms with Gasteiger partial charge in [0.1, 0.15) is 5.82 Å². The van der Waals surface area contributed by atoms with Crippen molar-refractivity contribution >= 4 is 11.8 Å². The fraction of sp³-hybridized carbons (Fsp3) is 0.429. The molecule has 6 nitrogen and oxygen atoms in total. The number of imidazole rings is 1. The molecule has 0 fully saturated rings.